The van der Waals surface area contributed by atoms with Crippen molar-refractivity contribution in [3.63, 3.8) is 0 Å². The van der Waals surface area contributed by atoms with Gasteiger partial charge in [-0.25, -0.2) is 0 Å². The molecule has 0 aromatic rings. The SMILES string of the molecule is CCC1(OC)CO1. The summed E-state index contributed by atoms with van der Waals surface area (Å²) in [6, 6.07) is 0. The summed E-state index contributed by atoms with van der Waals surface area (Å²) in [5.41, 5.74) is 0. The number of hydrogen-bond acceptors (Lipinski definition) is 2. The van der Waals surface area contributed by atoms with Gasteiger partial charge in [-0.1, -0.05) is 6.92 Å². The molecule has 0 aromatic heterocycles. The molecular weight excluding hydrogens is 92.1 g/mol. The third-order valence-corrected chi connectivity index (χ3v) is 1.38. The maximum Gasteiger partial charge on any atom is 0.191 e. The molecule has 1 saturated heterocycles. The Hall–Kier alpha value is -0.0800. The highest BCUT2D eigenvalue weighted by Gasteiger charge is 2.42. The Morgan fingerprint density at radius 3 is 2.43 bits per heavy atom. The first-order chi connectivity index (χ1) is 3.33. The van der Waals surface area contributed by atoms with Gasteiger partial charge in [-0.05, 0) is 0 Å². The molecule has 1 rings (SSSR count). The van der Waals surface area contributed by atoms with Gasteiger partial charge in [-0.3, -0.25) is 0 Å². The van der Waals surface area contributed by atoms with E-state index >= 15 is 0 Å². The Balaban J connectivity index is 2.28. The largest absolute Gasteiger partial charge is 0.351 e. The summed E-state index contributed by atoms with van der Waals surface area (Å²) in [5, 5.41) is 0. The van der Waals surface area contributed by atoms with Gasteiger partial charge >= 0.3 is 0 Å². The van der Waals surface area contributed by atoms with Gasteiger partial charge in [-0.15, -0.1) is 0 Å². The van der Waals surface area contributed by atoms with Crippen LogP contribution in [0.1, 0.15) is 13.3 Å². The fraction of sp³-hybridized carbons (Fsp3) is 1.00. The van der Waals surface area contributed by atoms with Crippen LogP contribution < -0.4 is 0 Å². The fourth-order valence-electron chi connectivity index (χ4n) is 0.547. The van der Waals surface area contributed by atoms with Crippen LogP contribution in [0.25, 0.3) is 0 Å². The monoisotopic (exact) mass is 102 g/mol. The molecule has 0 spiro atoms. The van der Waals surface area contributed by atoms with Gasteiger partial charge in [0.1, 0.15) is 6.61 Å². The zero-order valence-corrected chi connectivity index (χ0v) is 4.73. The molecule has 0 aromatic carbocycles. The van der Waals surface area contributed by atoms with E-state index in [0.717, 1.165) is 13.0 Å². The van der Waals surface area contributed by atoms with Crippen molar-refractivity contribution in [3.8, 4) is 0 Å². The minimum Gasteiger partial charge on any atom is -0.351 e. The van der Waals surface area contributed by atoms with Crippen molar-refractivity contribution in [1.29, 1.82) is 0 Å². The van der Waals surface area contributed by atoms with Crippen LogP contribution in [0.15, 0.2) is 0 Å². The Labute approximate surface area is 43.4 Å². The highest BCUT2D eigenvalue weighted by atomic mass is 16.8. The van der Waals surface area contributed by atoms with Crippen molar-refractivity contribution >= 4 is 0 Å². The molecule has 0 aliphatic carbocycles. The van der Waals surface area contributed by atoms with Crippen molar-refractivity contribution in [2.45, 2.75) is 19.1 Å². The van der Waals surface area contributed by atoms with Crippen molar-refractivity contribution in [3.05, 3.63) is 0 Å². The van der Waals surface area contributed by atoms with Gasteiger partial charge in [0, 0.05) is 13.5 Å². The molecule has 7 heavy (non-hydrogen) atoms. The van der Waals surface area contributed by atoms with Crippen LogP contribution >= 0.6 is 0 Å². The first kappa shape index (κ1) is 5.06. The second-order valence-electron chi connectivity index (χ2n) is 1.76. The summed E-state index contributed by atoms with van der Waals surface area (Å²) >= 11 is 0. The lowest BCUT2D eigenvalue weighted by atomic mass is 10.3. The average Bonchev–Trinajstić information content (AvgIpc) is 2.46. The van der Waals surface area contributed by atoms with Crippen LogP contribution in [0.2, 0.25) is 0 Å². The van der Waals surface area contributed by atoms with Crippen LogP contribution in [0.4, 0.5) is 0 Å². The molecule has 0 radical (unpaired) electrons. The molecule has 2 nitrogen and oxygen atoms in total. The van der Waals surface area contributed by atoms with Crippen molar-refractivity contribution in [2.75, 3.05) is 13.7 Å². The number of rotatable bonds is 2. The molecule has 0 N–H and O–H groups in total. The fourth-order valence-corrected chi connectivity index (χ4v) is 0.547. The van der Waals surface area contributed by atoms with Crippen molar-refractivity contribution < 1.29 is 9.47 Å². The molecule has 0 saturated carbocycles. The molecule has 1 unspecified atom stereocenters. The van der Waals surface area contributed by atoms with E-state index in [1.165, 1.54) is 0 Å². The molecular formula is C5H10O2. The Bertz CT molecular complexity index is 60.5. The number of hydrogen-bond donors (Lipinski definition) is 0. The van der Waals surface area contributed by atoms with Gasteiger partial charge in [0.05, 0.1) is 0 Å². The van der Waals surface area contributed by atoms with Crippen LogP contribution in [0.5, 0.6) is 0 Å². The Morgan fingerprint density at radius 1 is 1.86 bits per heavy atom. The normalized spacial score (nSPS) is 38.6. The predicted octanol–water partition coefficient (Wildman–Crippen LogP) is 0.769. The second kappa shape index (κ2) is 1.46. The van der Waals surface area contributed by atoms with E-state index in [4.69, 9.17) is 9.47 Å². The maximum absolute atomic E-state index is 4.98. The lowest BCUT2D eigenvalue weighted by molar-refractivity contribution is -0.0123. The first-order valence-electron chi connectivity index (χ1n) is 2.52. The maximum atomic E-state index is 4.98. The summed E-state index contributed by atoms with van der Waals surface area (Å²) in [7, 11) is 1.68. The van der Waals surface area contributed by atoms with Gasteiger partial charge in [0.2, 0.25) is 0 Å². The Kier molecular flexibility index (Phi) is 1.05. The standard InChI is InChI=1S/C5H10O2/c1-3-5(6-2)4-7-5/h3-4H2,1-2H3. The molecule has 1 aliphatic heterocycles. The zero-order chi connectivity index (χ0) is 5.33. The van der Waals surface area contributed by atoms with E-state index in [-0.39, 0.29) is 5.79 Å². The van der Waals surface area contributed by atoms with Gasteiger partial charge in [0.25, 0.3) is 0 Å². The van der Waals surface area contributed by atoms with E-state index in [9.17, 15) is 0 Å². The molecule has 1 heterocycles. The average molecular weight is 102 g/mol. The summed E-state index contributed by atoms with van der Waals surface area (Å²) < 4.78 is 9.95. The summed E-state index contributed by atoms with van der Waals surface area (Å²) in [6.07, 6.45) is 0.962. The van der Waals surface area contributed by atoms with Crippen LogP contribution in [0, 0.1) is 0 Å². The van der Waals surface area contributed by atoms with Gasteiger partial charge in [0.15, 0.2) is 5.79 Å². The summed E-state index contributed by atoms with van der Waals surface area (Å²) in [6.45, 7) is 2.83. The van der Waals surface area contributed by atoms with E-state index in [1.807, 2.05) is 0 Å². The third kappa shape index (κ3) is 0.763. The predicted molar refractivity (Wildman–Crippen MR) is 26.0 cm³/mol. The third-order valence-electron chi connectivity index (χ3n) is 1.38. The van der Waals surface area contributed by atoms with Crippen molar-refractivity contribution in [1.82, 2.24) is 0 Å². The molecule has 0 bridgehead atoms. The van der Waals surface area contributed by atoms with E-state index < -0.39 is 0 Å². The van der Waals surface area contributed by atoms with E-state index in [2.05, 4.69) is 6.92 Å². The molecule has 1 aliphatic rings. The van der Waals surface area contributed by atoms with Crippen LogP contribution in [-0.4, -0.2) is 19.5 Å². The molecule has 1 fully saturated rings. The minimum atomic E-state index is -0.167. The number of methoxy groups -OCH3 is 1. The minimum absolute atomic E-state index is 0.167. The number of epoxide rings is 1. The highest BCUT2D eigenvalue weighted by Crippen LogP contribution is 2.30. The molecule has 1 atom stereocenters. The second-order valence-corrected chi connectivity index (χ2v) is 1.76. The Morgan fingerprint density at radius 2 is 2.43 bits per heavy atom. The van der Waals surface area contributed by atoms with E-state index in [1.54, 1.807) is 7.11 Å². The molecule has 42 valence electrons. The smallest absolute Gasteiger partial charge is 0.191 e. The van der Waals surface area contributed by atoms with E-state index in [0.29, 0.717) is 0 Å². The zero-order valence-electron chi connectivity index (χ0n) is 4.73. The van der Waals surface area contributed by atoms with Crippen LogP contribution in [0.3, 0.4) is 0 Å². The number of ether oxygens (including phenoxy) is 2. The van der Waals surface area contributed by atoms with Crippen molar-refractivity contribution in [2.24, 2.45) is 0 Å². The van der Waals surface area contributed by atoms with Crippen LogP contribution in [-0.2, 0) is 9.47 Å². The molecule has 2 heteroatoms. The summed E-state index contributed by atoms with van der Waals surface area (Å²) in [4.78, 5) is 0. The van der Waals surface area contributed by atoms with Gasteiger partial charge < -0.3 is 9.47 Å². The first-order valence-corrected chi connectivity index (χ1v) is 2.52. The summed E-state index contributed by atoms with van der Waals surface area (Å²) in [5.74, 6) is -0.167. The highest BCUT2D eigenvalue weighted by molar-refractivity contribution is 4.78. The quantitative estimate of drug-likeness (QED) is 0.480. The molecule has 0 amide bonds. The lowest BCUT2D eigenvalue weighted by Crippen LogP contribution is -2.10. The topological polar surface area (TPSA) is 21.8 Å². The lowest BCUT2D eigenvalue weighted by Gasteiger charge is -2.02. The van der Waals surface area contributed by atoms with Gasteiger partial charge in [-0.2, -0.15) is 0 Å².